The Kier molecular flexibility index (Phi) is 3.33. The molecule has 0 saturated heterocycles. The van der Waals surface area contributed by atoms with Gasteiger partial charge in [-0.15, -0.1) is 0 Å². The molecule has 21 heavy (non-hydrogen) atoms. The molecular formula is C16H17N3O2. The first-order chi connectivity index (χ1) is 10.1. The molecule has 2 heterocycles. The highest BCUT2D eigenvalue weighted by molar-refractivity contribution is 6.52. The first-order valence-electron chi connectivity index (χ1n) is 7.08. The molecule has 0 N–H and O–H groups in total. The van der Waals surface area contributed by atoms with Crippen molar-refractivity contribution in [2.45, 2.75) is 33.4 Å². The standard InChI is InChI=1S/C16H17N3O2/c1-3-7-18-10-17-8-12(18)9-19-14-11(2)5-4-6-13(14)15(20)16(19)21/h4-6,8,10H,3,7,9H2,1-2H3. The van der Waals surface area contributed by atoms with E-state index in [1.165, 1.54) is 0 Å². The van der Waals surface area contributed by atoms with E-state index in [-0.39, 0.29) is 0 Å². The zero-order valence-corrected chi connectivity index (χ0v) is 12.2. The van der Waals surface area contributed by atoms with Crippen LogP contribution in [0.25, 0.3) is 0 Å². The molecular weight excluding hydrogens is 266 g/mol. The van der Waals surface area contributed by atoms with Crippen molar-refractivity contribution in [1.29, 1.82) is 0 Å². The van der Waals surface area contributed by atoms with Crippen LogP contribution in [0.1, 0.15) is 35.0 Å². The van der Waals surface area contributed by atoms with Crippen LogP contribution in [0.3, 0.4) is 0 Å². The topological polar surface area (TPSA) is 55.2 Å². The summed E-state index contributed by atoms with van der Waals surface area (Å²) in [5.41, 5.74) is 3.11. The van der Waals surface area contributed by atoms with E-state index in [9.17, 15) is 9.59 Å². The first kappa shape index (κ1) is 13.5. The lowest BCUT2D eigenvalue weighted by molar-refractivity contribution is -0.114. The molecule has 0 atom stereocenters. The molecule has 0 unspecified atom stereocenters. The van der Waals surface area contributed by atoms with Crippen LogP contribution in [-0.2, 0) is 17.9 Å². The Labute approximate surface area is 123 Å². The number of amides is 1. The molecule has 1 amide bonds. The smallest absolute Gasteiger partial charge is 0.299 e. The van der Waals surface area contributed by atoms with E-state index in [1.54, 1.807) is 23.5 Å². The fourth-order valence-electron chi connectivity index (χ4n) is 2.77. The minimum absolute atomic E-state index is 0.377. The zero-order valence-electron chi connectivity index (χ0n) is 12.2. The highest BCUT2D eigenvalue weighted by Gasteiger charge is 2.37. The van der Waals surface area contributed by atoms with Crippen LogP contribution < -0.4 is 4.90 Å². The third-order valence-corrected chi connectivity index (χ3v) is 3.77. The summed E-state index contributed by atoms with van der Waals surface area (Å²) >= 11 is 0. The van der Waals surface area contributed by atoms with Crippen LogP contribution in [0.2, 0.25) is 0 Å². The quantitative estimate of drug-likeness (QED) is 0.809. The van der Waals surface area contributed by atoms with Crippen LogP contribution in [0.5, 0.6) is 0 Å². The summed E-state index contributed by atoms with van der Waals surface area (Å²) in [6.07, 6.45) is 4.51. The zero-order chi connectivity index (χ0) is 15.0. The van der Waals surface area contributed by atoms with Crippen molar-refractivity contribution in [1.82, 2.24) is 9.55 Å². The number of Topliss-reactive ketones (excluding diaryl/α,β-unsaturated/α-hetero) is 1. The van der Waals surface area contributed by atoms with Gasteiger partial charge < -0.3 is 4.57 Å². The second-order valence-corrected chi connectivity index (χ2v) is 5.27. The minimum atomic E-state index is -0.455. The van der Waals surface area contributed by atoms with Crippen molar-refractivity contribution in [3.8, 4) is 0 Å². The number of para-hydroxylation sites is 1. The fourth-order valence-corrected chi connectivity index (χ4v) is 2.77. The highest BCUT2D eigenvalue weighted by Crippen LogP contribution is 2.33. The lowest BCUT2D eigenvalue weighted by atomic mass is 10.1. The second-order valence-electron chi connectivity index (χ2n) is 5.27. The van der Waals surface area contributed by atoms with E-state index in [1.807, 2.05) is 23.6 Å². The molecule has 1 aliphatic rings. The summed E-state index contributed by atoms with van der Waals surface area (Å²) in [6.45, 7) is 5.24. The molecule has 0 saturated carbocycles. The van der Waals surface area contributed by atoms with Crippen LogP contribution in [0.4, 0.5) is 5.69 Å². The van der Waals surface area contributed by atoms with Crippen LogP contribution in [0.15, 0.2) is 30.7 Å². The van der Waals surface area contributed by atoms with Crippen molar-refractivity contribution < 1.29 is 9.59 Å². The number of aromatic nitrogens is 2. The highest BCUT2D eigenvalue weighted by atomic mass is 16.2. The SMILES string of the molecule is CCCn1cncc1CN1C(=O)C(=O)c2cccc(C)c21. The van der Waals surface area contributed by atoms with Gasteiger partial charge in [0.25, 0.3) is 11.7 Å². The van der Waals surface area contributed by atoms with Gasteiger partial charge in [-0.05, 0) is 25.0 Å². The van der Waals surface area contributed by atoms with Gasteiger partial charge in [0.2, 0.25) is 0 Å². The van der Waals surface area contributed by atoms with Gasteiger partial charge in [-0.1, -0.05) is 19.1 Å². The van der Waals surface area contributed by atoms with E-state index < -0.39 is 11.7 Å². The van der Waals surface area contributed by atoms with E-state index in [4.69, 9.17) is 0 Å². The number of nitrogens with zero attached hydrogens (tertiary/aromatic N) is 3. The predicted molar refractivity (Wildman–Crippen MR) is 79.2 cm³/mol. The maximum atomic E-state index is 12.3. The Morgan fingerprint density at radius 3 is 2.81 bits per heavy atom. The number of aryl methyl sites for hydroxylation is 2. The average Bonchev–Trinajstić information content (AvgIpc) is 3.00. The van der Waals surface area contributed by atoms with E-state index in [0.29, 0.717) is 12.1 Å². The lowest BCUT2D eigenvalue weighted by Gasteiger charge is -2.19. The Balaban J connectivity index is 1.98. The Bertz CT molecular complexity index is 718. The number of hydrogen-bond donors (Lipinski definition) is 0. The number of rotatable bonds is 4. The molecule has 1 aromatic heterocycles. The monoisotopic (exact) mass is 283 g/mol. The molecule has 108 valence electrons. The maximum absolute atomic E-state index is 12.3. The maximum Gasteiger partial charge on any atom is 0.299 e. The fraction of sp³-hybridized carbons (Fsp3) is 0.312. The van der Waals surface area contributed by atoms with Crippen molar-refractivity contribution in [2.75, 3.05) is 4.90 Å². The lowest BCUT2D eigenvalue weighted by Crippen LogP contribution is -2.30. The third-order valence-electron chi connectivity index (χ3n) is 3.77. The molecule has 0 fully saturated rings. The van der Waals surface area contributed by atoms with Crippen LogP contribution in [0, 0.1) is 6.92 Å². The molecule has 1 aromatic carbocycles. The molecule has 0 aliphatic carbocycles. The van der Waals surface area contributed by atoms with Gasteiger partial charge in [-0.25, -0.2) is 4.98 Å². The van der Waals surface area contributed by atoms with Crippen molar-refractivity contribution in [3.05, 3.63) is 47.5 Å². The van der Waals surface area contributed by atoms with Crippen molar-refractivity contribution in [3.63, 3.8) is 0 Å². The number of carbonyl (C=O) groups excluding carboxylic acids is 2. The van der Waals surface area contributed by atoms with Gasteiger partial charge in [0.1, 0.15) is 0 Å². The molecule has 5 nitrogen and oxygen atoms in total. The van der Waals surface area contributed by atoms with Crippen LogP contribution >= 0.6 is 0 Å². The van der Waals surface area contributed by atoms with E-state index >= 15 is 0 Å². The number of hydrogen-bond acceptors (Lipinski definition) is 3. The molecule has 2 aromatic rings. The predicted octanol–water partition coefficient (Wildman–Crippen LogP) is 2.33. The van der Waals surface area contributed by atoms with Gasteiger partial charge in [-0.3, -0.25) is 14.5 Å². The summed E-state index contributed by atoms with van der Waals surface area (Å²) in [5.74, 6) is -0.876. The average molecular weight is 283 g/mol. The molecule has 3 rings (SSSR count). The largest absolute Gasteiger partial charge is 0.333 e. The summed E-state index contributed by atoms with van der Waals surface area (Å²) in [7, 11) is 0. The van der Waals surface area contributed by atoms with Gasteiger partial charge in [0, 0.05) is 12.7 Å². The van der Waals surface area contributed by atoms with Gasteiger partial charge in [-0.2, -0.15) is 0 Å². The van der Waals surface area contributed by atoms with Crippen molar-refractivity contribution in [2.24, 2.45) is 0 Å². The number of benzene rings is 1. The summed E-state index contributed by atoms with van der Waals surface area (Å²) in [5, 5.41) is 0. The Morgan fingerprint density at radius 1 is 1.24 bits per heavy atom. The summed E-state index contributed by atoms with van der Waals surface area (Å²) < 4.78 is 2.02. The Morgan fingerprint density at radius 2 is 2.05 bits per heavy atom. The van der Waals surface area contributed by atoms with Gasteiger partial charge in [0.05, 0.1) is 29.8 Å². The van der Waals surface area contributed by atoms with Gasteiger partial charge in [0.15, 0.2) is 0 Å². The number of anilines is 1. The van der Waals surface area contributed by atoms with Crippen LogP contribution in [-0.4, -0.2) is 21.2 Å². The number of imidazole rings is 1. The summed E-state index contributed by atoms with van der Waals surface area (Å²) in [4.78, 5) is 30.1. The first-order valence-corrected chi connectivity index (χ1v) is 7.08. The Hall–Kier alpha value is -2.43. The number of fused-ring (bicyclic) bond motifs is 1. The van der Waals surface area contributed by atoms with E-state index in [0.717, 1.165) is 29.9 Å². The molecule has 1 aliphatic heterocycles. The number of ketones is 1. The van der Waals surface area contributed by atoms with Crippen molar-refractivity contribution >= 4 is 17.4 Å². The third kappa shape index (κ3) is 2.14. The molecule has 0 bridgehead atoms. The molecule has 5 heteroatoms. The van der Waals surface area contributed by atoms with E-state index in [2.05, 4.69) is 11.9 Å². The normalized spacial score (nSPS) is 13.9. The minimum Gasteiger partial charge on any atom is -0.333 e. The number of carbonyl (C=O) groups is 2. The molecule has 0 spiro atoms. The molecule has 0 radical (unpaired) electrons. The van der Waals surface area contributed by atoms with Gasteiger partial charge >= 0.3 is 0 Å². The second kappa shape index (κ2) is 5.16. The summed E-state index contributed by atoms with van der Waals surface area (Å²) in [6, 6.07) is 5.44.